The third-order valence-corrected chi connectivity index (χ3v) is 2.96. The molecule has 0 bridgehead atoms. The minimum atomic E-state index is -0.444. The van der Waals surface area contributed by atoms with E-state index in [1.165, 1.54) is 6.07 Å². The highest BCUT2D eigenvalue weighted by Crippen LogP contribution is 2.37. The Kier molecular flexibility index (Phi) is 3.41. The van der Waals surface area contributed by atoms with E-state index in [0.717, 1.165) is 12.8 Å². The predicted molar refractivity (Wildman–Crippen MR) is 69.0 cm³/mol. The van der Waals surface area contributed by atoms with Gasteiger partial charge in [0.05, 0.1) is 4.92 Å². The molecule has 0 spiro atoms. The molecule has 0 atom stereocenters. The molecule has 0 saturated heterocycles. The first kappa shape index (κ1) is 12.3. The Labute approximate surface area is 105 Å². The van der Waals surface area contributed by atoms with Crippen molar-refractivity contribution in [3.05, 3.63) is 46.5 Å². The predicted octanol–water partition coefficient (Wildman–Crippen LogP) is 2.56. The van der Waals surface area contributed by atoms with E-state index in [-0.39, 0.29) is 5.69 Å². The van der Waals surface area contributed by atoms with Crippen molar-refractivity contribution in [1.29, 1.82) is 0 Å². The molecular formula is C13H14N2O3. The van der Waals surface area contributed by atoms with Crippen molar-refractivity contribution in [3.8, 4) is 0 Å². The van der Waals surface area contributed by atoms with Crippen LogP contribution < -0.4 is 4.90 Å². The minimum Gasteiger partial charge on any atom is -0.359 e. The Bertz CT molecular complexity index is 495. The lowest BCUT2D eigenvalue weighted by molar-refractivity contribution is -0.384. The molecule has 1 fully saturated rings. The molecule has 2 rings (SSSR count). The quantitative estimate of drug-likeness (QED) is 0.335. The van der Waals surface area contributed by atoms with Crippen LogP contribution in [0.4, 0.5) is 11.4 Å². The average Bonchev–Trinajstić information content (AvgIpc) is 3.19. The van der Waals surface area contributed by atoms with Gasteiger partial charge in [0.1, 0.15) is 12.0 Å². The first-order valence-electron chi connectivity index (χ1n) is 5.78. The van der Waals surface area contributed by atoms with Crippen molar-refractivity contribution in [2.45, 2.75) is 18.9 Å². The van der Waals surface area contributed by atoms with E-state index in [2.05, 4.69) is 6.58 Å². The van der Waals surface area contributed by atoms with Crippen LogP contribution >= 0.6 is 0 Å². The maximum atomic E-state index is 11.1. The summed E-state index contributed by atoms with van der Waals surface area (Å²) in [6.45, 7) is 4.25. The molecule has 94 valence electrons. The average molecular weight is 246 g/mol. The number of hydrogen-bond donors (Lipinski definition) is 0. The van der Waals surface area contributed by atoms with Gasteiger partial charge in [-0.05, 0) is 25.0 Å². The number of rotatable bonds is 6. The van der Waals surface area contributed by atoms with E-state index < -0.39 is 4.92 Å². The van der Waals surface area contributed by atoms with E-state index in [1.54, 1.807) is 18.2 Å². The van der Waals surface area contributed by atoms with Gasteiger partial charge in [0, 0.05) is 24.2 Å². The maximum Gasteiger partial charge on any atom is 0.293 e. The van der Waals surface area contributed by atoms with E-state index in [9.17, 15) is 14.9 Å². The molecule has 0 unspecified atom stereocenters. The standard InChI is InChI=1S/C13H14N2O3/c1-2-7-14(11-4-5-11)12-6-3-10(9-16)8-13(12)15(17)18/h2-3,6,8-9,11H,1,4-5,7H2. The third-order valence-electron chi connectivity index (χ3n) is 2.96. The molecule has 1 aliphatic carbocycles. The molecule has 0 radical (unpaired) electrons. The van der Waals surface area contributed by atoms with E-state index in [4.69, 9.17) is 0 Å². The zero-order chi connectivity index (χ0) is 13.1. The van der Waals surface area contributed by atoms with Crippen LogP contribution in [0.25, 0.3) is 0 Å². The molecule has 5 heteroatoms. The Hall–Kier alpha value is -2.17. The van der Waals surface area contributed by atoms with E-state index in [1.807, 2.05) is 4.90 Å². The van der Waals surface area contributed by atoms with Gasteiger partial charge in [-0.2, -0.15) is 0 Å². The number of carbonyl (C=O) groups excluding carboxylic acids is 1. The third kappa shape index (κ3) is 2.40. The fourth-order valence-electron chi connectivity index (χ4n) is 1.97. The van der Waals surface area contributed by atoms with Gasteiger partial charge in [0.2, 0.25) is 0 Å². The van der Waals surface area contributed by atoms with Gasteiger partial charge in [-0.1, -0.05) is 6.08 Å². The molecule has 1 aromatic carbocycles. The summed E-state index contributed by atoms with van der Waals surface area (Å²) in [7, 11) is 0. The molecule has 1 saturated carbocycles. The van der Waals surface area contributed by atoms with Crippen LogP contribution in [0.3, 0.4) is 0 Å². The Morgan fingerprint density at radius 1 is 1.50 bits per heavy atom. The summed E-state index contributed by atoms with van der Waals surface area (Å²) in [6, 6.07) is 4.92. The first-order chi connectivity index (χ1) is 8.67. The normalized spacial score (nSPS) is 14.0. The van der Waals surface area contributed by atoms with Gasteiger partial charge in [-0.25, -0.2) is 0 Å². The van der Waals surface area contributed by atoms with Crippen molar-refractivity contribution in [3.63, 3.8) is 0 Å². The largest absolute Gasteiger partial charge is 0.359 e. The summed E-state index contributed by atoms with van der Waals surface area (Å²) in [4.78, 5) is 23.3. The second-order valence-corrected chi connectivity index (χ2v) is 4.30. The number of nitrogens with zero attached hydrogens (tertiary/aromatic N) is 2. The molecule has 0 aliphatic heterocycles. The molecule has 0 amide bonds. The number of nitro benzene ring substituents is 1. The van der Waals surface area contributed by atoms with Gasteiger partial charge in [-0.3, -0.25) is 14.9 Å². The summed E-state index contributed by atoms with van der Waals surface area (Å²) >= 11 is 0. The minimum absolute atomic E-state index is 0.0200. The van der Waals surface area contributed by atoms with Crippen molar-refractivity contribution >= 4 is 17.7 Å². The molecule has 0 heterocycles. The molecule has 0 N–H and O–H groups in total. The van der Waals surface area contributed by atoms with Crippen LogP contribution in [-0.4, -0.2) is 23.8 Å². The maximum absolute atomic E-state index is 11.1. The molecule has 1 aromatic rings. The lowest BCUT2D eigenvalue weighted by Gasteiger charge is -2.22. The molecule has 0 aromatic heterocycles. The van der Waals surface area contributed by atoms with Crippen LogP contribution in [0.1, 0.15) is 23.2 Å². The van der Waals surface area contributed by atoms with Gasteiger partial charge in [-0.15, -0.1) is 6.58 Å². The van der Waals surface area contributed by atoms with Gasteiger partial charge in [0.25, 0.3) is 5.69 Å². The zero-order valence-electron chi connectivity index (χ0n) is 9.91. The lowest BCUT2D eigenvalue weighted by atomic mass is 10.1. The number of aldehydes is 1. The van der Waals surface area contributed by atoms with E-state index >= 15 is 0 Å². The van der Waals surface area contributed by atoms with Gasteiger partial charge >= 0.3 is 0 Å². The zero-order valence-corrected chi connectivity index (χ0v) is 9.91. The fraction of sp³-hybridized carbons (Fsp3) is 0.308. The monoisotopic (exact) mass is 246 g/mol. The summed E-state index contributed by atoms with van der Waals surface area (Å²) in [6.07, 6.45) is 4.43. The highest BCUT2D eigenvalue weighted by atomic mass is 16.6. The highest BCUT2D eigenvalue weighted by molar-refractivity contribution is 5.80. The molecule has 5 nitrogen and oxygen atoms in total. The second-order valence-electron chi connectivity index (χ2n) is 4.30. The van der Waals surface area contributed by atoms with Crippen molar-refractivity contribution < 1.29 is 9.72 Å². The fourth-order valence-corrected chi connectivity index (χ4v) is 1.97. The lowest BCUT2D eigenvalue weighted by Crippen LogP contribution is -2.26. The SMILES string of the molecule is C=CCN(c1ccc(C=O)cc1[N+](=O)[O-])C1CC1. The number of hydrogen-bond acceptors (Lipinski definition) is 4. The topological polar surface area (TPSA) is 63.5 Å². The van der Waals surface area contributed by atoms with Crippen LogP contribution in [0.15, 0.2) is 30.9 Å². The van der Waals surface area contributed by atoms with Gasteiger partial charge in [0.15, 0.2) is 0 Å². The van der Waals surface area contributed by atoms with E-state index in [0.29, 0.717) is 30.1 Å². The van der Waals surface area contributed by atoms with Crippen LogP contribution in [-0.2, 0) is 0 Å². The Morgan fingerprint density at radius 3 is 2.72 bits per heavy atom. The Morgan fingerprint density at radius 2 is 2.22 bits per heavy atom. The molecular weight excluding hydrogens is 232 g/mol. The smallest absolute Gasteiger partial charge is 0.293 e. The number of nitro groups is 1. The summed E-state index contributed by atoms with van der Waals surface area (Å²) in [5, 5.41) is 11.1. The van der Waals surface area contributed by atoms with Crippen LogP contribution in [0, 0.1) is 10.1 Å². The van der Waals surface area contributed by atoms with Crippen LogP contribution in [0.5, 0.6) is 0 Å². The van der Waals surface area contributed by atoms with Gasteiger partial charge < -0.3 is 4.90 Å². The van der Waals surface area contributed by atoms with Crippen molar-refractivity contribution in [2.75, 3.05) is 11.4 Å². The van der Waals surface area contributed by atoms with Crippen molar-refractivity contribution in [1.82, 2.24) is 0 Å². The number of benzene rings is 1. The summed E-state index contributed by atoms with van der Waals surface area (Å²) in [5.74, 6) is 0. The summed E-state index contributed by atoms with van der Waals surface area (Å²) < 4.78 is 0. The highest BCUT2D eigenvalue weighted by Gasteiger charge is 2.32. The van der Waals surface area contributed by atoms with Crippen molar-refractivity contribution in [2.24, 2.45) is 0 Å². The van der Waals surface area contributed by atoms with Crippen LogP contribution in [0.2, 0.25) is 0 Å². The molecule has 1 aliphatic rings. The second kappa shape index (κ2) is 5.00. The molecule has 18 heavy (non-hydrogen) atoms. The number of anilines is 1. The first-order valence-corrected chi connectivity index (χ1v) is 5.78. The number of carbonyl (C=O) groups is 1. The Balaban J connectivity index is 2.43. The summed E-state index contributed by atoms with van der Waals surface area (Å²) in [5.41, 5.74) is 0.862.